The van der Waals surface area contributed by atoms with Crippen molar-refractivity contribution >= 4 is 34.8 Å². The van der Waals surface area contributed by atoms with E-state index in [0.717, 1.165) is 35.1 Å². The standard InChI is InChI=1S/C24H24Cl2O3/c1-23(2)21(27)20(22(28)24(3,4)29-23)17-7-5-6-16(19(17)13-8-9-13)15-11-10-14(25)12-18(15)26/h5-7,10-13,20H,8-9H2,1-4H3. The number of carbonyl (C=O) groups excluding carboxylic acids is 2. The molecule has 0 amide bonds. The van der Waals surface area contributed by atoms with E-state index in [-0.39, 0.29) is 11.6 Å². The van der Waals surface area contributed by atoms with Crippen LogP contribution < -0.4 is 0 Å². The Kier molecular flexibility index (Phi) is 4.92. The zero-order valence-corrected chi connectivity index (χ0v) is 18.5. The maximum atomic E-state index is 13.3. The van der Waals surface area contributed by atoms with E-state index in [2.05, 4.69) is 0 Å². The minimum atomic E-state index is -1.03. The van der Waals surface area contributed by atoms with E-state index < -0.39 is 17.1 Å². The van der Waals surface area contributed by atoms with Crippen LogP contribution in [0.3, 0.4) is 0 Å². The van der Waals surface area contributed by atoms with E-state index in [1.165, 1.54) is 0 Å². The summed E-state index contributed by atoms with van der Waals surface area (Å²) >= 11 is 12.6. The van der Waals surface area contributed by atoms with E-state index in [4.69, 9.17) is 27.9 Å². The number of benzene rings is 2. The van der Waals surface area contributed by atoms with Gasteiger partial charge in [0.05, 0.1) is 0 Å². The molecular formula is C24H24Cl2O3. The zero-order chi connectivity index (χ0) is 21.1. The second-order valence-corrected chi connectivity index (χ2v) is 9.83. The summed E-state index contributed by atoms with van der Waals surface area (Å²) < 4.78 is 5.87. The largest absolute Gasteiger partial charge is 0.354 e. The molecule has 0 N–H and O–H groups in total. The van der Waals surface area contributed by atoms with Gasteiger partial charge in [0, 0.05) is 15.6 Å². The number of carbonyl (C=O) groups is 2. The topological polar surface area (TPSA) is 43.4 Å². The molecule has 1 heterocycles. The van der Waals surface area contributed by atoms with Crippen LogP contribution in [0.4, 0.5) is 0 Å². The van der Waals surface area contributed by atoms with Crippen LogP contribution >= 0.6 is 23.2 Å². The van der Waals surface area contributed by atoms with E-state index in [9.17, 15) is 9.59 Å². The first-order chi connectivity index (χ1) is 13.5. The van der Waals surface area contributed by atoms with Gasteiger partial charge >= 0.3 is 0 Å². The average Bonchev–Trinajstić information content (AvgIpc) is 3.44. The molecule has 2 aromatic rings. The first kappa shape index (κ1) is 20.6. The van der Waals surface area contributed by atoms with Gasteiger partial charge in [0.25, 0.3) is 0 Å². The molecule has 4 rings (SSSR count). The molecule has 0 unspecified atom stereocenters. The second kappa shape index (κ2) is 6.94. The van der Waals surface area contributed by atoms with Crippen LogP contribution in [-0.4, -0.2) is 22.8 Å². The van der Waals surface area contributed by atoms with Crippen LogP contribution in [0.25, 0.3) is 11.1 Å². The Morgan fingerprint density at radius 1 is 0.897 bits per heavy atom. The van der Waals surface area contributed by atoms with Crippen LogP contribution in [0.1, 0.15) is 63.5 Å². The molecular weight excluding hydrogens is 407 g/mol. The van der Waals surface area contributed by atoms with Gasteiger partial charge in [0.15, 0.2) is 11.6 Å². The Hall–Kier alpha value is -1.68. The molecule has 0 spiro atoms. The Balaban J connectivity index is 1.93. The van der Waals surface area contributed by atoms with E-state index >= 15 is 0 Å². The molecule has 1 aliphatic heterocycles. The van der Waals surface area contributed by atoms with Crippen LogP contribution in [-0.2, 0) is 14.3 Å². The summed E-state index contributed by atoms with van der Waals surface area (Å²) in [6.45, 7) is 6.97. The van der Waals surface area contributed by atoms with Gasteiger partial charge in [-0.15, -0.1) is 0 Å². The first-order valence-electron chi connectivity index (χ1n) is 9.90. The number of Topliss-reactive ketones (excluding diaryl/α,β-unsaturated/α-hetero) is 2. The molecule has 29 heavy (non-hydrogen) atoms. The summed E-state index contributed by atoms with van der Waals surface area (Å²) in [6.07, 6.45) is 2.07. The lowest BCUT2D eigenvalue weighted by atomic mass is 9.72. The fourth-order valence-electron chi connectivity index (χ4n) is 4.44. The molecule has 0 aromatic heterocycles. The SMILES string of the molecule is CC1(C)OC(C)(C)C(=O)C(c2cccc(-c3ccc(Cl)cc3Cl)c2C2CC2)C1=O. The molecule has 2 aliphatic rings. The Morgan fingerprint density at radius 3 is 2.07 bits per heavy atom. The highest BCUT2D eigenvalue weighted by molar-refractivity contribution is 6.36. The maximum Gasteiger partial charge on any atom is 0.179 e. The summed E-state index contributed by atoms with van der Waals surface area (Å²) in [7, 11) is 0. The summed E-state index contributed by atoms with van der Waals surface area (Å²) in [4.78, 5) is 26.6. The quantitative estimate of drug-likeness (QED) is 0.532. The smallest absolute Gasteiger partial charge is 0.179 e. The molecule has 1 saturated carbocycles. The van der Waals surface area contributed by atoms with Gasteiger partial charge in [-0.05, 0) is 75.3 Å². The van der Waals surface area contributed by atoms with Gasteiger partial charge in [-0.3, -0.25) is 9.59 Å². The lowest BCUT2D eigenvalue weighted by Gasteiger charge is -2.43. The highest BCUT2D eigenvalue weighted by Gasteiger charge is 2.54. The highest BCUT2D eigenvalue weighted by atomic mass is 35.5. The van der Waals surface area contributed by atoms with Gasteiger partial charge in [0.2, 0.25) is 0 Å². The summed E-state index contributed by atoms with van der Waals surface area (Å²) in [5.41, 5.74) is 1.61. The molecule has 0 radical (unpaired) electrons. The van der Waals surface area contributed by atoms with Crippen LogP contribution in [0.2, 0.25) is 10.0 Å². The van der Waals surface area contributed by atoms with Crippen molar-refractivity contribution < 1.29 is 14.3 Å². The van der Waals surface area contributed by atoms with Crippen molar-refractivity contribution in [2.24, 2.45) is 0 Å². The highest BCUT2D eigenvalue weighted by Crippen LogP contribution is 2.50. The zero-order valence-electron chi connectivity index (χ0n) is 17.0. The average molecular weight is 431 g/mol. The van der Waals surface area contributed by atoms with Gasteiger partial charge in [-0.1, -0.05) is 47.5 Å². The number of hydrogen-bond acceptors (Lipinski definition) is 3. The van der Waals surface area contributed by atoms with Crippen LogP contribution in [0.5, 0.6) is 0 Å². The Bertz CT molecular complexity index is 993. The lowest BCUT2D eigenvalue weighted by Crippen LogP contribution is -2.58. The third kappa shape index (κ3) is 3.54. The predicted octanol–water partition coefficient (Wildman–Crippen LogP) is 6.35. The van der Waals surface area contributed by atoms with E-state index in [1.807, 2.05) is 30.3 Å². The van der Waals surface area contributed by atoms with Gasteiger partial charge in [0.1, 0.15) is 17.1 Å². The molecule has 2 fully saturated rings. The molecule has 5 heteroatoms. The van der Waals surface area contributed by atoms with Crippen molar-refractivity contribution in [1.29, 1.82) is 0 Å². The normalized spacial score (nSPS) is 21.4. The number of rotatable bonds is 3. The van der Waals surface area contributed by atoms with Gasteiger partial charge in [-0.2, -0.15) is 0 Å². The fourth-order valence-corrected chi connectivity index (χ4v) is 4.95. The third-order valence-corrected chi connectivity index (χ3v) is 6.43. The van der Waals surface area contributed by atoms with Crippen molar-refractivity contribution in [1.82, 2.24) is 0 Å². The molecule has 1 saturated heterocycles. The Labute approximate surface area is 181 Å². The molecule has 0 bridgehead atoms. The molecule has 3 nitrogen and oxygen atoms in total. The number of ketones is 2. The van der Waals surface area contributed by atoms with Gasteiger partial charge < -0.3 is 4.74 Å². The number of hydrogen-bond donors (Lipinski definition) is 0. The van der Waals surface area contributed by atoms with Crippen molar-refractivity contribution in [3.05, 3.63) is 57.6 Å². The van der Waals surface area contributed by atoms with E-state index in [1.54, 1.807) is 33.8 Å². The predicted molar refractivity (Wildman–Crippen MR) is 116 cm³/mol. The second-order valence-electron chi connectivity index (χ2n) is 8.99. The Morgan fingerprint density at radius 2 is 1.52 bits per heavy atom. The number of ether oxygens (including phenoxy) is 1. The molecule has 0 atom stereocenters. The minimum Gasteiger partial charge on any atom is -0.354 e. The minimum absolute atomic E-state index is 0.192. The molecule has 152 valence electrons. The third-order valence-electron chi connectivity index (χ3n) is 5.88. The fraction of sp³-hybridized carbons (Fsp3) is 0.417. The van der Waals surface area contributed by atoms with Crippen LogP contribution in [0, 0.1) is 0 Å². The van der Waals surface area contributed by atoms with Gasteiger partial charge in [-0.25, -0.2) is 0 Å². The van der Waals surface area contributed by atoms with E-state index in [0.29, 0.717) is 16.0 Å². The van der Waals surface area contributed by atoms with Crippen LogP contribution in [0.15, 0.2) is 36.4 Å². The summed E-state index contributed by atoms with van der Waals surface area (Å²) in [5, 5.41) is 1.13. The lowest BCUT2D eigenvalue weighted by molar-refractivity contribution is -0.184. The summed E-state index contributed by atoms with van der Waals surface area (Å²) in [6, 6.07) is 11.3. The molecule has 1 aliphatic carbocycles. The maximum absolute atomic E-state index is 13.3. The summed E-state index contributed by atoms with van der Waals surface area (Å²) in [5.74, 6) is -0.899. The first-order valence-corrected chi connectivity index (χ1v) is 10.7. The molecule has 2 aromatic carbocycles. The van der Waals surface area contributed by atoms with Crippen molar-refractivity contribution in [3.8, 4) is 11.1 Å². The monoisotopic (exact) mass is 430 g/mol. The van der Waals surface area contributed by atoms with Crippen molar-refractivity contribution in [2.75, 3.05) is 0 Å². The van der Waals surface area contributed by atoms with Crippen molar-refractivity contribution in [2.45, 2.75) is 63.6 Å². The van der Waals surface area contributed by atoms with Crippen molar-refractivity contribution in [3.63, 3.8) is 0 Å². The number of halogens is 2.